The zero-order valence-corrected chi connectivity index (χ0v) is 15.2. The first-order valence-electron chi connectivity index (χ1n) is 7.61. The van der Waals surface area contributed by atoms with E-state index in [1.165, 1.54) is 4.52 Å². The fraction of sp³-hybridized carbons (Fsp3) is 0.250. The van der Waals surface area contributed by atoms with Crippen LogP contribution >= 0.6 is 23.4 Å². The Bertz CT molecular complexity index is 965. The predicted molar refractivity (Wildman–Crippen MR) is 98.3 cm³/mol. The minimum Gasteiger partial charge on any atom is -0.324 e. The van der Waals surface area contributed by atoms with Crippen molar-refractivity contribution in [3.63, 3.8) is 0 Å². The van der Waals surface area contributed by atoms with Crippen molar-refractivity contribution in [2.45, 2.75) is 30.7 Å². The van der Waals surface area contributed by atoms with Gasteiger partial charge in [0.2, 0.25) is 5.91 Å². The Labute approximate surface area is 153 Å². The Kier molecular flexibility index (Phi) is 5.10. The molecule has 0 saturated heterocycles. The van der Waals surface area contributed by atoms with Crippen LogP contribution in [0.5, 0.6) is 0 Å². The molecule has 0 aliphatic rings. The minimum absolute atomic E-state index is 0.197. The van der Waals surface area contributed by atoms with Crippen LogP contribution in [-0.2, 0) is 11.3 Å². The van der Waals surface area contributed by atoms with Crippen molar-refractivity contribution in [2.75, 3.05) is 5.32 Å². The molecule has 25 heavy (non-hydrogen) atoms. The van der Waals surface area contributed by atoms with Crippen LogP contribution in [0.15, 0.2) is 46.2 Å². The highest BCUT2D eigenvalue weighted by molar-refractivity contribution is 7.99. The van der Waals surface area contributed by atoms with Gasteiger partial charge in [-0.3, -0.25) is 4.79 Å². The van der Waals surface area contributed by atoms with Crippen molar-refractivity contribution >= 4 is 40.6 Å². The number of hydrogen-bond acceptors (Lipinski definition) is 5. The predicted octanol–water partition coefficient (Wildman–Crippen LogP) is 2.68. The summed E-state index contributed by atoms with van der Waals surface area (Å²) in [6.45, 7) is 3.89. The lowest BCUT2D eigenvalue weighted by Gasteiger charge is -2.04. The molecular formula is C16H16ClN5O2S. The second kappa shape index (κ2) is 7.28. The summed E-state index contributed by atoms with van der Waals surface area (Å²) < 4.78 is 2.30. The van der Waals surface area contributed by atoms with Gasteiger partial charge in [-0.15, -0.1) is 16.9 Å². The summed E-state index contributed by atoms with van der Waals surface area (Å²) in [6, 6.07) is 10.2. The molecule has 0 bridgehead atoms. The number of halogens is 1. The van der Waals surface area contributed by atoms with Gasteiger partial charge in [0.1, 0.15) is 11.6 Å². The number of nitrogens with zero attached hydrogens (tertiary/aromatic N) is 4. The molecule has 0 fully saturated rings. The maximum absolute atomic E-state index is 12.4. The van der Waals surface area contributed by atoms with Crippen LogP contribution in [0.4, 0.5) is 5.69 Å². The molecule has 1 amide bonds. The first kappa shape index (κ1) is 17.5. The lowest BCUT2D eigenvalue weighted by molar-refractivity contribution is -0.117. The first-order valence-corrected chi connectivity index (χ1v) is 8.87. The average Bonchev–Trinajstić information content (AvgIpc) is 2.85. The molecule has 0 spiro atoms. The van der Waals surface area contributed by atoms with Gasteiger partial charge in [-0.2, -0.15) is 9.61 Å². The van der Waals surface area contributed by atoms with Crippen LogP contribution in [0, 0.1) is 0 Å². The summed E-state index contributed by atoms with van der Waals surface area (Å²) in [4.78, 5) is 24.5. The highest BCUT2D eigenvalue weighted by Gasteiger charge is 2.13. The summed E-state index contributed by atoms with van der Waals surface area (Å²) in [5.41, 5.74) is 0.546. The van der Waals surface area contributed by atoms with Crippen LogP contribution in [0.3, 0.4) is 0 Å². The second-order valence-electron chi connectivity index (χ2n) is 5.60. The van der Waals surface area contributed by atoms with E-state index in [0.29, 0.717) is 21.6 Å². The van der Waals surface area contributed by atoms with Crippen molar-refractivity contribution in [1.82, 2.24) is 19.4 Å². The molecule has 0 saturated carbocycles. The molecule has 1 aromatic carbocycles. The van der Waals surface area contributed by atoms with Gasteiger partial charge < -0.3 is 5.32 Å². The summed E-state index contributed by atoms with van der Waals surface area (Å²) in [5.74, 6) is -0.357. The van der Waals surface area contributed by atoms with Crippen molar-refractivity contribution in [3.8, 4) is 0 Å². The van der Waals surface area contributed by atoms with Crippen molar-refractivity contribution in [2.24, 2.45) is 0 Å². The van der Waals surface area contributed by atoms with Gasteiger partial charge >= 0.3 is 5.69 Å². The van der Waals surface area contributed by atoms with E-state index in [1.54, 1.807) is 42.1 Å². The first-order chi connectivity index (χ1) is 11.9. The lowest BCUT2D eigenvalue weighted by Crippen LogP contribution is -2.28. The largest absolute Gasteiger partial charge is 0.367 e. The minimum atomic E-state index is -0.451. The molecule has 0 unspecified atom stereocenters. The number of carbonyl (C=O) groups excluding carboxylic acids is 1. The topological polar surface area (TPSA) is 81.3 Å². The maximum atomic E-state index is 12.4. The number of amides is 1. The molecule has 0 radical (unpaired) electrons. The fourth-order valence-corrected chi connectivity index (χ4v) is 3.05. The average molecular weight is 378 g/mol. The fourth-order valence-electron chi connectivity index (χ4n) is 2.17. The number of rotatable bonds is 5. The molecule has 130 valence electrons. The Balaban J connectivity index is 1.79. The summed E-state index contributed by atoms with van der Waals surface area (Å²) >= 11 is 7.36. The van der Waals surface area contributed by atoms with Gasteiger partial charge in [0.25, 0.3) is 0 Å². The number of benzene rings is 1. The standard InChI is InChI=1S/C16H16ClN5O2S/c1-10(2)25-15-8-7-13-19-21(16(24)22(13)20-15)9-14(23)18-12-5-3-11(17)4-6-12/h3-8,10H,9H2,1-2H3,(H,18,23). The SMILES string of the molecule is CC(C)Sc1ccc2nn(CC(=O)Nc3ccc(Cl)cc3)c(=O)n2n1. The van der Waals surface area contributed by atoms with Gasteiger partial charge in [-0.25, -0.2) is 9.48 Å². The normalized spacial score (nSPS) is 11.2. The van der Waals surface area contributed by atoms with Crippen LogP contribution in [0.2, 0.25) is 5.02 Å². The van der Waals surface area contributed by atoms with Gasteiger partial charge in [0.05, 0.1) is 0 Å². The molecule has 0 aliphatic heterocycles. The van der Waals surface area contributed by atoms with E-state index in [4.69, 9.17) is 11.6 Å². The number of carbonyl (C=O) groups is 1. The number of anilines is 1. The van der Waals surface area contributed by atoms with Crippen molar-refractivity contribution in [1.29, 1.82) is 0 Å². The lowest BCUT2D eigenvalue weighted by atomic mass is 10.3. The van der Waals surface area contributed by atoms with E-state index in [-0.39, 0.29) is 12.5 Å². The number of fused-ring (bicyclic) bond motifs is 1. The molecule has 3 aromatic rings. The van der Waals surface area contributed by atoms with Crippen LogP contribution in [0.25, 0.3) is 5.65 Å². The molecule has 9 heteroatoms. The third-order valence-electron chi connectivity index (χ3n) is 3.19. The van der Waals surface area contributed by atoms with Crippen LogP contribution in [0.1, 0.15) is 13.8 Å². The molecule has 7 nitrogen and oxygen atoms in total. The smallest absolute Gasteiger partial charge is 0.324 e. The molecule has 1 N–H and O–H groups in total. The Morgan fingerprint density at radius 2 is 1.92 bits per heavy atom. The van der Waals surface area contributed by atoms with Crippen LogP contribution < -0.4 is 11.0 Å². The quantitative estimate of drug-likeness (QED) is 0.691. The molecule has 2 heterocycles. The highest BCUT2D eigenvalue weighted by atomic mass is 35.5. The summed E-state index contributed by atoms with van der Waals surface area (Å²) in [5, 5.41) is 12.8. The van der Waals surface area contributed by atoms with Crippen molar-refractivity contribution < 1.29 is 4.79 Å². The number of aromatic nitrogens is 4. The number of nitrogens with one attached hydrogen (secondary N) is 1. The summed E-state index contributed by atoms with van der Waals surface area (Å²) in [6.07, 6.45) is 0. The van der Waals surface area contributed by atoms with E-state index in [1.807, 2.05) is 19.9 Å². The Morgan fingerprint density at radius 3 is 2.60 bits per heavy atom. The van der Waals surface area contributed by atoms with Crippen molar-refractivity contribution in [3.05, 3.63) is 51.9 Å². The molecular weight excluding hydrogens is 362 g/mol. The molecule has 3 rings (SSSR count). The van der Waals surface area contributed by atoms with Gasteiger partial charge in [-0.1, -0.05) is 25.4 Å². The third-order valence-corrected chi connectivity index (χ3v) is 4.38. The van der Waals surface area contributed by atoms with E-state index >= 15 is 0 Å². The molecule has 0 atom stereocenters. The van der Waals surface area contributed by atoms with Gasteiger partial charge in [-0.05, 0) is 36.4 Å². The van der Waals surface area contributed by atoms with E-state index in [0.717, 1.165) is 9.71 Å². The van der Waals surface area contributed by atoms with Gasteiger partial charge in [0.15, 0.2) is 5.65 Å². The second-order valence-corrected chi connectivity index (χ2v) is 7.64. The number of hydrogen-bond donors (Lipinski definition) is 1. The zero-order chi connectivity index (χ0) is 18.0. The number of thioether (sulfide) groups is 1. The molecule has 0 aliphatic carbocycles. The molecule has 2 aromatic heterocycles. The highest BCUT2D eigenvalue weighted by Crippen LogP contribution is 2.19. The van der Waals surface area contributed by atoms with E-state index in [2.05, 4.69) is 15.5 Å². The Morgan fingerprint density at radius 1 is 1.20 bits per heavy atom. The Hall–Kier alpha value is -2.32. The van der Waals surface area contributed by atoms with Crippen LogP contribution in [-0.4, -0.2) is 30.6 Å². The summed E-state index contributed by atoms with van der Waals surface area (Å²) in [7, 11) is 0. The van der Waals surface area contributed by atoms with E-state index < -0.39 is 5.69 Å². The monoisotopic (exact) mass is 377 g/mol. The zero-order valence-electron chi connectivity index (χ0n) is 13.6. The third kappa shape index (κ3) is 4.21. The maximum Gasteiger partial charge on any atom is 0.367 e. The van der Waals surface area contributed by atoms with E-state index in [9.17, 15) is 9.59 Å². The van der Waals surface area contributed by atoms with Gasteiger partial charge in [0, 0.05) is 16.0 Å².